The highest BCUT2D eigenvalue weighted by atomic mass is 19.1. The van der Waals surface area contributed by atoms with Crippen molar-refractivity contribution in [3.63, 3.8) is 0 Å². The maximum atomic E-state index is 14.1. The first-order chi connectivity index (χ1) is 10.6. The van der Waals surface area contributed by atoms with E-state index in [1.165, 1.54) is 16.8 Å². The van der Waals surface area contributed by atoms with E-state index >= 15 is 0 Å². The van der Waals surface area contributed by atoms with E-state index in [4.69, 9.17) is 9.47 Å². The lowest BCUT2D eigenvalue weighted by molar-refractivity contribution is 0.0456. The summed E-state index contributed by atoms with van der Waals surface area (Å²) in [6.07, 6.45) is -0.726. The summed E-state index contributed by atoms with van der Waals surface area (Å²) in [6.45, 7) is 2.09. The topological polar surface area (TPSA) is 73.6 Å². The minimum atomic E-state index is -0.726. The molecular formula is C15H15FN2O4. The van der Waals surface area contributed by atoms with Gasteiger partial charge in [0.1, 0.15) is 29.8 Å². The summed E-state index contributed by atoms with van der Waals surface area (Å²) in [5.41, 5.74) is 0.421. The predicted octanol–water partition coefficient (Wildman–Crippen LogP) is 1.62. The number of carbonyl (C=O) groups excluding carboxylic acids is 1. The quantitative estimate of drug-likeness (QED) is 0.872. The lowest BCUT2D eigenvalue weighted by atomic mass is 10.1. The highest BCUT2D eigenvalue weighted by molar-refractivity contribution is 5.99. The van der Waals surface area contributed by atoms with E-state index in [1.807, 2.05) is 0 Å². The number of aliphatic hydroxyl groups excluding tert-OH is 1. The van der Waals surface area contributed by atoms with Gasteiger partial charge in [0.05, 0.1) is 13.2 Å². The number of nitrogens with zero attached hydrogens (tertiary/aromatic N) is 2. The van der Waals surface area contributed by atoms with E-state index in [-0.39, 0.29) is 42.5 Å². The molecule has 0 bridgehead atoms. The Balaban J connectivity index is 2.17. The van der Waals surface area contributed by atoms with E-state index in [9.17, 15) is 14.3 Å². The van der Waals surface area contributed by atoms with Gasteiger partial charge in [-0.3, -0.25) is 0 Å². The highest BCUT2D eigenvalue weighted by Gasteiger charge is 2.32. The minimum absolute atomic E-state index is 0.0504. The third-order valence-corrected chi connectivity index (χ3v) is 3.31. The van der Waals surface area contributed by atoms with E-state index in [1.54, 1.807) is 19.1 Å². The van der Waals surface area contributed by atoms with Crippen LogP contribution in [0.4, 0.5) is 4.39 Å². The first-order valence-corrected chi connectivity index (χ1v) is 6.95. The van der Waals surface area contributed by atoms with Gasteiger partial charge >= 0.3 is 5.97 Å². The van der Waals surface area contributed by atoms with Crippen LogP contribution in [-0.2, 0) is 11.3 Å². The molecule has 7 heteroatoms. The van der Waals surface area contributed by atoms with E-state index in [0.29, 0.717) is 0 Å². The standard InChI is InChI=1S/C15H15FN2O4/c1-2-21-15(20)12-13(10-5-3-4-6-11(10)16)17-18-7-9(19)8-22-14(12)18/h3-6,9,19H,2,7-8H2,1H3. The molecule has 1 aliphatic rings. The van der Waals surface area contributed by atoms with Crippen LogP contribution in [0.5, 0.6) is 5.88 Å². The molecule has 2 heterocycles. The average molecular weight is 306 g/mol. The van der Waals surface area contributed by atoms with Crippen LogP contribution in [0.25, 0.3) is 11.3 Å². The van der Waals surface area contributed by atoms with Crippen molar-refractivity contribution in [1.29, 1.82) is 0 Å². The fourth-order valence-electron chi connectivity index (χ4n) is 2.37. The Bertz CT molecular complexity index is 714. The number of halogens is 1. The van der Waals surface area contributed by atoms with Gasteiger partial charge in [-0.05, 0) is 19.1 Å². The number of carbonyl (C=O) groups is 1. The Morgan fingerprint density at radius 3 is 3.05 bits per heavy atom. The van der Waals surface area contributed by atoms with Gasteiger partial charge in [0.15, 0.2) is 0 Å². The van der Waals surface area contributed by atoms with Crippen molar-refractivity contribution in [2.45, 2.75) is 19.6 Å². The van der Waals surface area contributed by atoms with Crippen LogP contribution in [0.15, 0.2) is 24.3 Å². The van der Waals surface area contributed by atoms with Crippen molar-refractivity contribution in [2.75, 3.05) is 13.2 Å². The molecule has 0 amide bonds. The van der Waals surface area contributed by atoms with Crippen LogP contribution in [0.2, 0.25) is 0 Å². The summed E-state index contributed by atoms with van der Waals surface area (Å²) < 4.78 is 25.8. The molecule has 1 aliphatic heterocycles. The summed E-state index contributed by atoms with van der Waals surface area (Å²) in [5, 5.41) is 13.9. The monoisotopic (exact) mass is 306 g/mol. The van der Waals surface area contributed by atoms with Gasteiger partial charge in [0.25, 0.3) is 0 Å². The number of rotatable bonds is 3. The SMILES string of the molecule is CCOC(=O)c1c(-c2ccccc2F)nn2c1OCC(O)C2. The molecule has 1 atom stereocenters. The van der Waals surface area contributed by atoms with Crippen LogP contribution < -0.4 is 4.74 Å². The van der Waals surface area contributed by atoms with Crippen LogP contribution >= 0.6 is 0 Å². The zero-order chi connectivity index (χ0) is 15.7. The van der Waals surface area contributed by atoms with Gasteiger partial charge in [-0.25, -0.2) is 13.9 Å². The molecule has 1 N–H and O–H groups in total. The van der Waals surface area contributed by atoms with Crippen LogP contribution in [0, 0.1) is 5.82 Å². The Kier molecular flexibility index (Phi) is 3.81. The second kappa shape index (κ2) is 5.76. The number of fused-ring (bicyclic) bond motifs is 1. The van der Waals surface area contributed by atoms with Crippen LogP contribution in [0.1, 0.15) is 17.3 Å². The van der Waals surface area contributed by atoms with Crippen molar-refractivity contribution in [3.05, 3.63) is 35.6 Å². The molecule has 2 aromatic rings. The highest BCUT2D eigenvalue weighted by Crippen LogP contribution is 2.34. The number of benzene rings is 1. The number of aliphatic hydroxyl groups is 1. The van der Waals surface area contributed by atoms with Crippen LogP contribution in [-0.4, -0.2) is 40.2 Å². The van der Waals surface area contributed by atoms with Crippen molar-refractivity contribution in [3.8, 4) is 17.1 Å². The molecule has 0 aliphatic carbocycles. The van der Waals surface area contributed by atoms with Gasteiger partial charge in [0.2, 0.25) is 5.88 Å². The molecule has 0 saturated heterocycles. The molecular weight excluding hydrogens is 291 g/mol. The summed E-state index contributed by atoms with van der Waals surface area (Å²) in [7, 11) is 0. The molecule has 1 aromatic heterocycles. The minimum Gasteiger partial charge on any atom is -0.474 e. The first-order valence-electron chi connectivity index (χ1n) is 6.95. The van der Waals surface area contributed by atoms with Gasteiger partial charge < -0.3 is 14.6 Å². The van der Waals surface area contributed by atoms with Gasteiger partial charge in [-0.1, -0.05) is 12.1 Å². The molecule has 22 heavy (non-hydrogen) atoms. The summed E-state index contributed by atoms with van der Waals surface area (Å²) in [4.78, 5) is 12.2. The van der Waals surface area contributed by atoms with E-state index < -0.39 is 17.9 Å². The maximum Gasteiger partial charge on any atom is 0.345 e. The van der Waals surface area contributed by atoms with Gasteiger partial charge in [-0.15, -0.1) is 0 Å². The molecule has 0 spiro atoms. The normalized spacial score (nSPS) is 16.8. The Morgan fingerprint density at radius 2 is 2.32 bits per heavy atom. The maximum absolute atomic E-state index is 14.1. The fraction of sp³-hybridized carbons (Fsp3) is 0.333. The largest absolute Gasteiger partial charge is 0.474 e. The summed E-state index contributed by atoms with van der Waals surface area (Å²) >= 11 is 0. The molecule has 0 fully saturated rings. The second-order valence-corrected chi connectivity index (χ2v) is 4.88. The molecule has 1 unspecified atom stereocenters. The average Bonchev–Trinajstić information content (AvgIpc) is 2.86. The van der Waals surface area contributed by atoms with E-state index in [2.05, 4.69) is 5.10 Å². The number of esters is 1. The second-order valence-electron chi connectivity index (χ2n) is 4.88. The number of hydrogen-bond donors (Lipinski definition) is 1. The van der Waals surface area contributed by atoms with Crippen molar-refractivity contribution in [1.82, 2.24) is 9.78 Å². The lowest BCUT2D eigenvalue weighted by Crippen LogP contribution is -2.30. The smallest absolute Gasteiger partial charge is 0.345 e. The van der Waals surface area contributed by atoms with Gasteiger partial charge in [0, 0.05) is 5.56 Å². The third kappa shape index (κ3) is 2.43. The lowest BCUT2D eigenvalue weighted by Gasteiger charge is -2.20. The van der Waals surface area contributed by atoms with Crippen molar-refractivity contribution in [2.24, 2.45) is 0 Å². The predicted molar refractivity (Wildman–Crippen MR) is 75.1 cm³/mol. The van der Waals surface area contributed by atoms with E-state index in [0.717, 1.165) is 0 Å². The molecule has 1 aromatic carbocycles. The van der Waals surface area contributed by atoms with Crippen LogP contribution in [0.3, 0.4) is 0 Å². The Hall–Kier alpha value is -2.41. The Morgan fingerprint density at radius 1 is 1.55 bits per heavy atom. The zero-order valence-electron chi connectivity index (χ0n) is 12.0. The number of ether oxygens (including phenoxy) is 2. The molecule has 0 saturated carbocycles. The third-order valence-electron chi connectivity index (χ3n) is 3.31. The first kappa shape index (κ1) is 14.5. The molecule has 0 radical (unpaired) electrons. The van der Waals surface area contributed by atoms with Crippen molar-refractivity contribution >= 4 is 5.97 Å². The summed E-state index contributed by atoms with van der Waals surface area (Å²) in [6, 6.07) is 6.03. The Labute approximate surface area is 126 Å². The number of aromatic nitrogens is 2. The molecule has 6 nitrogen and oxygen atoms in total. The summed E-state index contributed by atoms with van der Waals surface area (Å²) in [5.74, 6) is -0.926. The number of hydrogen-bond acceptors (Lipinski definition) is 5. The van der Waals surface area contributed by atoms with Crippen molar-refractivity contribution < 1.29 is 23.8 Å². The molecule has 116 valence electrons. The zero-order valence-corrected chi connectivity index (χ0v) is 12.0. The van der Waals surface area contributed by atoms with Gasteiger partial charge in [-0.2, -0.15) is 5.10 Å². The fourth-order valence-corrected chi connectivity index (χ4v) is 2.37. The molecule has 3 rings (SSSR count).